The average molecular weight is 187 g/mol. The second-order valence-corrected chi connectivity index (χ2v) is 4.15. The van der Waals surface area contributed by atoms with E-state index in [1.54, 1.807) is 7.11 Å². The van der Waals surface area contributed by atoms with Crippen molar-refractivity contribution in [1.82, 2.24) is 4.90 Å². The molecule has 0 bridgehead atoms. The minimum absolute atomic E-state index is 0.00694. The van der Waals surface area contributed by atoms with Crippen LogP contribution in [-0.4, -0.2) is 50.5 Å². The van der Waals surface area contributed by atoms with Crippen LogP contribution in [0.4, 0.5) is 0 Å². The first kappa shape index (κ1) is 11.0. The maximum atomic E-state index is 5.67. The number of likely N-dealkylation sites (N-methyl/N-ethyl adjacent to an activating group) is 1. The van der Waals surface area contributed by atoms with Gasteiger partial charge in [0.1, 0.15) is 0 Å². The number of ether oxygens (including phenoxy) is 2. The van der Waals surface area contributed by atoms with Crippen molar-refractivity contribution in [3.05, 3.63) is 0 Å². The lowest BCUT2D eigenvalue weighted by Crippen LogP contribution is -2.62. The van der Waals surface area contributed by atoms with Crippen LogP contribution in [0.25, 0.3) is 0 Å². The first-order valence-electron chi connectivity index (χ1n) is 4.85. The Kier molecular flexibility index (Phi) is 3.33. The van der Waals surface area contributed by atoms with Gasteiger partial charge in [0.05, 0.1) is 17.7 Å². The van der Waals surface area contributed by atoms with Gasteiger partial charge in [-0.15, -0.1) is 0 Å². The highest BCUT2D eigenvalue weighted by molar-refractivity contribution is 4.99. The molecule has 0 amide bonds. The van der Waals surface area contributed by atoms with Crippen molar-refractivity contribution in [3.8, 4) is 0 Å². The monoisotopic (exact) mass is 187 g/mol. The first-order valence-corrected chi connectivity index (χ1v) is 4.85. The predicted octanol–water partition coefficient (Wildman–Crippen LogP) is 1.13. The van der Waals surface area contributed by atoms with Crippen LogP contribution in [0.15, 0.2) is 0 Å². The molecule has 1 aliphatic rings. The second kappa shape index (κ2) is 3.95. The van der Waals surface area contributed by atoms with Crippen molar-refractivity contribution < 1.29 is 9.47 Å². The smallest absolute Gasteiger partial charge is 0.0799 e. The Morgan fingerprint density at radius 3 is 2.46 bits per heavy atom. The number of nitrogens with zero attached hydrogens (tertiary/aromatic N) is 1. The molecule has 0 aromatic heterocycles. The normalized spacial score (nSPS) is 41.1. The van der Waals surface area contributed by atoms with Crippen LogP contribution in [0.1, 0.15) is 20.3 Å². The summed E-state index contributed by atoms with van der Waals surface area (Å²) in [6, 6.07) is 0. The van der Waals surface area contributed by atoms with E-state index in [1.165, 1.54) is 0 Å². The Bertz CT molecular complexity index is 172. The average Bonchev–Trinajstić information content (AvgIpc) is 2.09. The zero-order valence-electron chi connectivity index (χ0n) is 9.33. The van der Waals surface area contributed by atoms with Crippen molar-refractivity contribution in [3.63, 3.8) is 0 Å². The molecular formula is C10H21NO2. The van der Waals surface area contributed by atoms with E-state index in [4.69, 9.17) is 9.47 Å². The molecule has 0 aromatic rings. The number of hydrogen-bond acceptors (Lipinski definition) is 3. The summed E-state index contributed by atoms with van der Waals surface area (Å²) in [6.45, 7) is 5.12. The van der Waals surface area contributed by atoms with Gasteiger partial charge in [-0.05, 0) is 34.4 Å². The molecule has 3 heteroatoms. The van der Waals surface area contributed by atoms with E-state index < -0.39 is 0 Å². The Morgan fingerprint density at radius 2 is 2.08 bits per heavy atom. The molecule has 1 heterocycles. The van der Waals surface area contributed by atoms with E-state index in [2.05, 4.69) is 32.8 Å². The molecule has 0 spiro atoms. The molecule has 1 fully saturated rings. The molecule has 0 saturated carbocycles. The van der Waals surface area contributed by atoms with E-state index in [9.17, 15) is 0 Å². The largest absolute Gasteiger partial charge is 0.379 e. The van der Waals surface area contributed by atoms with Gasteiger partial charge in [0, 0.05) is 13.7 Å². The van der Waals surface area contributed by atoms with Gasteiger partial charge >= 0.3 is 0 Å². The third kappa shape index (κ3) is 1.73. The summed E-state index contributed by atoms with van der Waals surface area (Å²) in [5, 5.41) is 0. The Labute approximate surface area is 81.0 Å². The fourth-order valence-electron chi connectivity index (χ4n) is 2.08. The maximum Gasteiger partial charge on any atom is 0.0799 e. The van der Waals surface area contributed by atoms with Crippen LogP contribution < -0.4 is 0 Å². The van der Waals surface area contributed by atoms with Crippen LogP contribution in [0, 0.1) is 0 Å². The molecule has 1 saturated heterocycles. The summed E-state index contributed by atoms with van der Waals surface area (Å²) < 4.78 is 11.2. The van der Waals surface area contributed by atoms with Gasteiger partial charge in [-0.25, -0.2) is 0 Å². The predicted molar refractivity (Wildman–Crippen MR) is 52.9 cm³/mol. The highest BCUT2D eigenvalue weighted by Crippen LogP contribution is 2.31. The second-order valence-electron chi connectivity index (χ2n) is 4.15. The number of rotatable bonds is 2. The van der Waals surface area contributed by atoms with Gasteiger partial charge < -0.3 is 9.47 Å². The topological polar surface area (TPSA) is 21.7 Å². The quantitative estimate of drug-likeness (QED) is 0.647. The Hall–Kier alpha value is -0.120. The van der Waals surface area contributed by atoms with Crippen LogP contribution in [-0.2, 0) is 9.47 Å². The van der Waals surface area contributed by atoms with Crippen molar-refractivity contribution in [1.29, 1.82) is 0 Å². The van der Waals surface area contributed by atoms with Crippen molar-refractivity contribution >= 4 is 0 Å². The molecular weight excluding hydrogens is 166 g/mol. The maximum absolute atomic E-state index is 5.67. The number of methoxy groups -OCH3 is 1. The van der Waals surface area contributed by atoms with Crippen molar-refractivity contribution in [2.75, 3.05) is 27.8 Å². The molecule has 3 atom stereocenters. The lowest BCUT2D eigenvalue weighted by Gasteiger charge is -2.49. The lowest BCUT2D eigenvalue weighted by atomic mass is 9.84. The standard InChI is InChI=1S/C10H21NO2/c1-8-10(2,11(3)4)9(12-5)6-7-13-8/h8-9H,6-7H2,1-5H3/t8-,9-,10?/m0/s1. The first-order chi connectivity index (χ1) is 6.03. The molecule has 0 aliphatic carbocycles. The van der Waals surface area contributed by atoms with E-state index >= 15 is 0 Å². The molecule has 0 N–H and O–H groups in total. The highest BCUT2D eigenvalue weighted by atomic mass is 16.5. The molecule has 78 valence electrons. The third-order valence-electron chi connectivity index (χ3n) is 3.47. The third-order valence-corrected chi connectivity index (χ3v) is 3.47. The Morgan fingerprint density at radius 1 is 1.46 bits per heavy atom. The fraction of sp³-hybridized carbons (Fsp3) is 1.00. The van der Waals surface area contributed by atoms with Gasteiger partial charge in [-0.2, -0.15) is 0 Å². The highest BCUT2D eigenvalue weighted by Gasteiger charge is 2.44. The van der Waals surface area contributed by atoms with Gasteiger partial charge in [0.15, 0.2) is 0 Å². The summed E-state index contributed by atoms with van der Waals surface area (Å²) in [6.07, 6.45) is 1.47. The molecule has 1 aliphatic heterocycles. The van der Waals surface area contributed by atoms with Crippen molar-refractivity contribution in [2.45, 2.75) is 38.0 Å². The minimum atomic E-state index is -0.00694. The zero-order chi connectivity index (χ0) is 10.1. The van der Waals surface area contributed by atoms with E-state index in [0.717, 1.165) is 13.0 Å². The zero-order valence-corrected chi connectivity index (χ0v) is 9.33. The van der Waals surface area contributed by atoms with E-state index in [1.807, 2.05) is 0 Å². The molecule has 0 radical (unpaired) electrons. The van der Waals surface area contributed by atoms with Gasteiger partial charge in [0.2, 0.25) is 0 Å². The van der Waals surface area contributed by atoms with Gasteiger partial charge in [-0.1, -0.05) is 0 Å². The van der Waals surface area contributed by atoms with E-state index in [0.29, 0.717) is 0 Å². The number of hydrogen-bond donors (Lipinski definition) is 0. The fourth-order valence-corrected chi connectivity index (χ4v) is 2.08. The van der Waals surface area contributed by atoms with Crippen LogP contribution in [0.3, 0.4) is 0 Å². The molecule has 3 nitrogen and oxygen atoms in total. The summed E-state index contributed by atoms with van der Waals surface area (Å²) in [7, 11) is 5.94. The lowest BCUT2D eigenvalue weighted by molar-refractivity contribution is -0.154. The molecule has 1 rings (SSSR count). The SMILES string of the molecule is CO[C@H]1CCO[C@@H](C)C1(C)N(C)C. The summed E-state index contributed by atoms with van der Waals surface area (Å²) in [5.74, 6) is 0. The minimum Gasteiger partial charge on any atom is -0.379 e. The summed E-state index contributed by atoms with van der Waals surface area (Å²) >= 11 is 0. The molecule has 13 heavy (non-hydrogen) atoms. The molecule has 1 unspecified atom stereocenters. The van der Waals surface area contributed by atoms with E-state index in [-0.39, 0.29) is 17.7 Å². The summed E-state index contributed by atoms with van der Waals surface area (Å²) in [4.78, 5) is 2.20. The van der Waals surface area contributed by atoms with Gasteiger partial charge in [0.25, 0.3) is 0 Å². The molecule has 0 aromatic carbocycles. The summed E-state index contributed by atoms with van der Waals surface area (Å²) in [5.41, 5.74) is -0.00694. The van der Waals surface area contributed by atoms with Crippen molar-refractivity contribution in [2.24, 2.45) is 0 Å². The van der Waals surface area contributed by atoms with Gasteiger partial charge in [-0.3, -0.25) is 4.90 Å². The van der Waals surface area contributed by atoms with Crippen LogP contribution >= 0.6 is 0 Å². The van der Waals surface area contributed by atoms with Crippen LogP contribution in [0.5, 0.6) is 0 Å². The van der Waals surface area contributed by atoms with Crippen LogP contribution in [0.2, 0.25) is 0 Å². The Balaban J connectivity index is 2.83.